The van der Waals surface area contributed by atoms with Crippen LogP contribution in [0.4, 0.5) is 0 Å². The van der Waals surface area contributed by atoms with Crippen molar-refractivity contribution in [1.82, 2.24) is 4.90 Å². The minimum absolute atomic E-state index is 0.0448. The number of fused-ring (bicyclic) bond motifs is 1. The first-order chi connectivity index (χ1) is 14.0. The standard InChI is InChI=1S/C22H35NO5SSi/c1-8-12-27-21(25)17-18(15-11-10-13-26-15)29-20-16(19(24)23(17)20)14(9-2)28-30(6,7)22(3,4)5/h8,14-16,20H,1,9-13H2,2-7H3/t14-,15+,16+,20+/m0/s1. The molecule has 0 radical (unpaired) electrons. The first-order valence-electron chi connectivity index (χ1n) is 10.8. The zero-order valence-corrected chi connectivity index (χ0v) is 20.8. The normalized spacial score (nSPS) is 27.7. The summed E-state index contributed by atoms with van der Waals surface area (Å²) in [5.41, 5.74) is 0.363. The van der Waals surface area contributed by atoms with E-state index in [1.54, 1.807) is 16.7 Å². The highest BCUT2D eigenvalue weighted by molar-refractivity contribution is 8.04. The van der Waals surface area contributed by atoms with E-state index in [1.165, 1.54) is 6.08 Å². The SMILES string of the molecule is C=CCOC(=O)C1=C([C@H]2CCCO2)S[C@@H]2[C@H]([C@H](CC)O[Si](C)(C)C(C)(C)C)C(=O)N12. The molecule has 3 aliphatic rings. The first-order valence-corrected chi connectivity index (χ1v) is 14.6. The summed E-state index contributed by atoms with van der Waals surface area (Å²) in [5, 5.41) is -0.0612. The molecule has 4 atom stereocenters. The van der Waals surface area contributed by atoms with Gasteiger partial charge in [0.25, 0.3) is 0 Å². The number of nitrogens with zero attached hydrogens (tertiary/aromatic N) is 1. The third-order valence-electron chi connectivity index (χ3n) is 6.61. The van der Waals surface area contributed by atoms with Crippen molar-refractivity contribution < 1.29 is 23.5 Å². The summed E-state index contributed by atoms with van der Waals surface area (Å²) in [5.74, 6) is -0.771. The molecule has 0 unspecified atom stereocenters. The highest BCUT2D eigenvalue weighted by atomic mass is 32.2. The Balaban J connectivity index is 1.84. The lowest BCUT2D eigenvalue weighted by molar-refractivity contribution is -0.158. The van der Waals surface area contributed by atoms with Gasteiger partial charge < -0.3 is 13.9 Å². The van der Waals surface area contributed by atoms with E-state index in [0.29, 0.717) is 12.3 Å². The number of amides is 1. The zero-order chi connectivity index (χ0) is 22.3. The van der Waals surface area contributed by atoms with Crippen molar-refractivity contribution >= 4 is 32.0 Å². The van der Waals surface area contributed by atoms with Crippen LogP contribution in [0.15, 0.2) is 23.3 Å². The van der Waals surface area contributed by atoms with Crippen molar-refractivity contribution in [2.24, 2.45) is 5.92 Å². The van der Waals surface area contributed by atoms with Crippen LogP contribution in [-0.4, -0.2) is 55.9 Å². The predicted molar refractivity (Wildman–Crippen MR) is 121 cm³/mol. The van der Waals surface area contributed by atoms with E-state index in [4.69, 9.17) is 13.9 Å². The van der Waals surface area contributed by atoms with Crippen LogP contribution in [0.3, 0.4) is 0 Å². The molecule has 2 saturated heterocycles. The molecule has 0 aromatic rings. The first kappa shape index (κ1) is 23.6. The van der Waals surface area contributed by atoms with E-state index >= 15 is 0 Å². The number of ether oxygens (including phenoxy) is 2. The van der Waals surface area contributed by atoms with Crippen molar-refractivity contribution in [1.29, 1.82) is 0 Å². The van der Waals surface area contributed by atoms with Crippen LogP contribution in [0.1, 0.15) is 47.0 Å². The molecule has 30 heavy (non-hydrogen) atoms. The van der Waals surface area contributed by atoms with Crippen molar-refractivity contribution in [3.8, 4) is 0 Å². The third-order valence-corrected chi connectivity index (χ3v) is 12.6. The maximum Gasteiger partial charge on any atom is 0.356 e. The van der Waals surface area contributed by atoms with Crippen molar-refractivity contribution in [3.05, 3.63) is 23.3 Å². The Morgan fingerprint density at radius 1 is 1.43 bits per heavy atom. The highest BCUT2D eigenvalue weighted by Gasteiger charge is 2.60. The molecule has 3 aliphatic heterocycles. The van der Waals surface area contributed by atoms with E-state index < -0.39 is 14.3 Å². The van der Waals surface area contributed by atoms with Gasteiger partial charge in [0.2, 0.25) is 5.91 Å². The molecule has 8 heteroatoms. The lowest BCUT2D eigenvalue weighted by Gasteiger charge is -2.49. The van der Waals surface area contributed by atoms with Gasteiger partial charge in [-0.15, -0.1) is 0 Å². The maximum absolute atomic E-state index is 13.3. The quantitative estimate of drug-likeness (QED) is 0.234. The molecule has 0 aromatic carbocycles. The summed E-state index contributed by atoms with van der Waals surface area (Å²) in [7, 11) is -2.03. The van der Waals surface area contributed by atoms with Gasteiger partial charge in [0.05, 0.1) is 18.1 Å². The lowest BCUT2D eigenvalue weighted by atomic mass is 9.89. The third kappa shape index (κ3) is 4.16. The number of β-lactam (4-membered cyclic amide) rings is 1. The Bertz CT molecular complexity index is 738. The van der Waals surface area contributed by atoms with Crippen LogP contribution < -0.4 is 0 Å². The number of carbonyl (C=O) groups excluding carboxylic acids is 2. The summed E-state index contributed by atoms with van der Waals surface area (Å²) in [6.07, 6.45) is 3.82. The summed E-state index contributed by atoms with van der Waals surface area (Å²) >= 11 is 1.59. The lowest BCUT2D eigenvalue weighted by Crippen LogP contribution is -2.63. The fraction of sp³-hybridized carbons (Fsp3) is 0.727. The molecule has 6 nitrogen and oxygen atoms in total. The number of carbonyl (C=O) groups is 2. The second-order valence-electron chi connectivity index (χ2n) is 9.67. The second-order valence-corrected chi connectivity index (χ2v) is 15.6. The predicted octanol–water partition coefficient (Wildman–Crippen LogP) is 4.44. The van der Waals surface area contributed by atoms with Crippen LogP contribution >= 0.6 is 11.8 Å². The molecule has 1 amide bonds. The monoisotopic (exact) mass is 453 g/mol. The van der Waals surface area contributed by atoms with Crippen molar-refractivity contribution in [3.63, 3.8) is 0 Å². The van der Waals surface area contributed by atoms with E-state index in [-0.39, 0.29) is 41.1 Å². The zero-order valence-electron chi connectivity index (χ0n) is 19.0. The van der Waals surface area contributed by atoms with Gasteiger partial charge in [-0.1, -0.05) is 52.1 Å². The Morgan fingerprint density at radius 2 is 2.13 bits per heavy atom. The van der Waals surface area contributed by atoms with Gasteiger partial charge in [0, 0.05) is 11.5 Å². The Hall–Kier alpha value is -1.09. The van der Waals surface area contributed by atoms with E-state index in [2.05, 4.69) is 47.4 Å². The molecule has 168 valence electrons. The number of hydrogen-bond acceptors (Lipinski definition) is 6. The smallest absolute Gasteiger partial charge is 0.356 e. The molecule has 0 aliphatic carbocycles. The summed E-state index contributed by atoms with van der Waals surface area (Å²) in [6, 6.07) is 0. The molecule has 0 saturated carbocycles. The van der Waals surface area contributed by atoms with E-state index in [1.807, 2.05) is 0 Å². The van der Waals surface area contributed by atoms with Gasteiger partial charge in [0.15, 0.2) is 8.32 Å². The fourth-order valence-corrected chi connectivity index (χ4v) is 6.95. The van der Waals surface area contributed by atoms with Crippen molar-refractivity contribution in [2.75, 3.05) is 13.2 Å². The van der Waals surface area contributed by atoms with Gasteiger partial charge in [-0.2, -0.15) is 0 Å². The van der Waals surface area contributed by atoms with E-state index in [0.717, 1.165) is 24.2 Å². The number of esters is 1. The van der Waals surface area contributed by atoms with Crippen LogP contribution in [0.25, 0.3) is 0 Å². The topological polar surface area (TPSA) is 65.1 Å². The molecule has 2 fully saturated rings. The van der Waals surface area contributed by atoms with Gasteiger partial charge in [-0.25, -0.2) is 4.79 Å². The van der Waals surface area contributed by atoms with Crippen molar-refractivity contribution in [2.45, 2.75) is 82.7 Å². The Kier molecular flexibility index (Phi) is 6.92. The van der Waals surface area contributed by atoms with Gasteiger partial charge in [-0.05, 0) is 37.4 Å². The molecular formula is C22H35NO5SSi. The summed E-state index contributed by atoms with van der Waals surface area (Å²) in [6.45, 7) is 17.5. The largest absolute Gasteiger partial charge is 0.457 e. The average molecular weight is 454 g/mol. The minimum atomic E-state index is -2.03. The van der Waals surface area contributed by atoms with Crippen LogP contribution in [-0.2, 0) is 23.5 Å². The molecular weight excluding hydrogens is 418 g/mol. The van der Waals surface area contributed by atoms with Crippen LogP contribution in [0.5, 0.6) is 0 Å². The number of hydrogen-bond donors (Lipinski definition) is 0. The number of thioether (sulfide) groups is 1. The summed E-state index contributed by atoms with van der Waals surface area (Å²) in [4.78, 5) is 28.5. The number of rotatable bonds is 8. The fourth-order valence-electron chi connectivity index (χ4n) is 3.88. The van der Waals surface area contributed by atoms with Gasteiger partial charge >= 0.3 is 5.97 Å². The van der Waals surface area contributed by atoms with Crippen LogP contribution in [0, 0.1) is 5.92 Å². The molecule has 3 heterocycles. The molecule has 0 N–H and O–H groups in total. The molecule has 0 aromatic heterocycles. The Labute approximate surface area is 185 Å². The average Bonchev–Trinajstić information content (AvgIpc) is 3.30. The summed E-state index contributed by atoms with van der Waals surface area (Å²) < 4.78 is 17.8. The molecule has 0 bridgehead atoms. The highest BCUT2D eigenvalue weighted by Crippen LogP contribution is 2.54. The maximum atomic E-state index is 13.3. The van der Waals surface area contributed by atoms with E-state index in [9.17, 15) is 9.59 Å². The molecule has 0 spiro atoms. The second kappa shape index (κ2) is 8.80. The minimum Gasteiger partial charge on any atom is -0.457 e. The Morgan fingerprint density at radius 3 is 2.67 bits per heavy atom. The van der Waals surface area contributed by atoms with Crippen LogP contribution in [0.2, 0.25) is 18.1 Å². The van der Waals surface area contributed by atoms with Gasteiger partial charge in [-0.3, -0.25) is 9.69 Å². The van der Waals surface area contributed by atoms with Gasteiger partial charge in [0.1, 0.15) is 17.7 Å². The molecule has 3 rings (SSSR count).